The van der Waals surface area contributed by atoms with Crippen LogP contribution in [-0.4, -0.2) is 57.9 Å². The Bertz CT molecular complexity index is 1230. The van der Waals surface area contributed by atoms with Crippen LogP contribution in [0.4, 0.5) is 23.1 Å². The van der Waals surface area contributed by atoms with Crippen molar-refractivity contribution in [3.05, 3.63) is 61.1 Å². The number of aromatic nitrogens is 4. The van der Waals surface area contributed by atoms with E-state index in [1.165, 1.54) is 0 Å². The first-order chi connectivity index (χ1) is 16.0. The van der Waals surface area contributed by atoms with Crippen LogP contribution in [0.25, 0.3) is 11.0 Å². The Morgan fingerprint density at radius 1 is 1.03 bits per heavy atom. The standard InChI is InChI=1S/C24H27N7O2/c1-31(2)24(32-3)13-20(14-24)33-19-6-4-17(5-7-19)29-23-26-11-9-21(30-23)28-18-12-16-8-10-25-22(16)27-15-18/h4-12,15,20H,13-14H2,1-3H3,(H,25,27)(H2,26,28,29,30). The van der Waals surface area contributed by atoms with Crippen molar-refractivity contribution in [1.82, 2.24) is 24.8 Å². The van der Waals surface area contributed by atoms with Gasteiger partial charge in [0.05, 0.1) is 11.9 Å². The Morgan fingerprint density at radius 3 is 2.61 bits per heavy atom. The van der Waals surface area contributed by atoms with Gasteiger partial charge in [-0.15, -0.1) is 0 Å². The molecular formula is C24H27N7O2. The summed E-state index contributed by atoms with van der Waals surface area (Å²) in [6.45, 7) is 0. The van der Waals surface area contributed by atoms with Crippen LogP contribution in [0.15, 0.2) is 61.1 Å². The van der Waals surface area contributed by atoms with Crippen molar-refractivity contribution in [3.8, 4) is 5.75 Å². The zero-order valence-electron chi connectivity index (χ0n) is 18.9. The van der Waals surface area contributed by atoms with Gasteiger partial charge in [0.1, 0.15) is 29.0 Å². The van der Waals surface area contributed by atoms with Gasteiger partial charge in [0.15, 0.2) is 0 Å². The molecule has 0 radical (unpaired) electrons. The van der Waals surface area contributed by atoms with Gasteiger partial charge in [-0.05, 0) is 56.6 Å². The Morgan fingerprint density at radius 2 is 1.85 bits per heavy atom. The van der Waals surface area contributed by atoms with E-state index in [1.54, 1.807) is 19.5 Å². The van der Waals surface area contributed by atoms with Crippen LogP contribution < -0.4 is 15.4 Å². The highest BCUT2D eigenvalue weighted by molar-refractivity contribution is 5.79. The molecule has 1 saturated carbocycles. The number of anilines is 4. The summed E-state index contributed by atoms with van der Waals surface area (Å²) in [7, 11) is 5.81. The molecule has 1 aliphatic rings. The summed E-state index contributed by atoms with van der Waals surface area (Å²) in [5.74, 6) is 2.01. The maximum absolute atomic E-state index is 6.09. The Kier molecular flexibility index (Phi) is 5.57. The predicted molar refractivity (Wildman–Crippen MR) is 128 cm³/mol. The van der Waals surface area contributed by atoms with Crippen LogP contribution in [-0.2, 0) is 4.74 Å². The molecule has 1 aliphatic carbocycles. The third kappa shape index (κ3) is 4.46. The molecule has 3 aromatic heterocycles. The molecule has 170 valence electrons. The molecule has 3 N–H and O–H groups in total. The van der Waals surface area contributed by atoms with Crippen LogP contribution in [0.3, 0.4) is 0 Å². The number of pyridine rings is 1. The molecule has 1 aromatic carbocycles. The number of ether oxygens (including phenoxy) is 2. The molecule has 33 heavy (non-hydrogen) atoms. The molecule has 0 atom stereocenters. The highest BCUT2D eigenvalue weighted by Crippen LogP contribution is 2.39. The van der Waals surface area contributed by atoms with Crippen molar-refractivity contribution in [3.63, 3.8) is 0 Å². The fourth-order valence-corrected chi connectivity index (χ4v) is 4.03. The number of hydrogen-bond acceptors (Lipinski definition) is 8. The number of methoxy groups -OCH3 is 1. The van der Waals surface area contributed by atoms with E-state index in [1.807, 2.05) is 62.8 Å². The molecule has 0 amide bonds. The van der Waals surface area contributed by atoms with Crippen LogP contribution >= 0.6 is 0 Å². The second-order valence-corrected chi connectivity index (χ2v) is 8.37. The van der Waals surface area contributed by atoms with Gasteiger partial charge in [-0.2, -0.15) is 4.98 Å². The lowest BCUT2D eigenvalue weighted by Crippen LogP contribution is -2.59. The van der Waals surface area contributed by atoms with Crippen LogP contribution in [0.1, 0.15) is 12.8 Å². The highest BCUT2D eigenvalue weighted by atomic mass is 16.5. The SMILES string of the molecule is COC1(N(C)C)CC(Oc2ccc(Nc3nccc(Nc4cnc5[nH]ccc5c4)n3)cc2)C1. The highest BCUT2D eigenvalue weighted by Gasteiger charge is 2.48. The van der Waals surface area contributed by atoms with Crippen LogP contribution in [0, 0.1) is 0 Å². The van der Waals surface area contributed by atoms with Gasteiger partial charge >= 0.3 is 0 Å². The first-order valence-corrected chi connectivity index (χ1v) is 10.8. The molecule has 0 spiro atoms. The van der Waals surface area contributed by atoms with Crippen LogP contribution in [0.2, 0.25) is 0 Å². The van der Waals surface area contributed by atoms with Crippen molar-refractivity contribution in [1.29, 1.82) is 0 Å². The number of H-pyrrole nitrogens is 1. The number of hydrogen-bond donors (Lipinski definition) is 3. The van der Waals surface area contributed by atoms with E-state index in [4.69, 9.17) is 9.47 Å². The topological polar surface area (TPSA) is 100 Å². The fourth-order valence-electron chi connectivity index (χ4n) is 4.03. The van der Waals surface area contributed by atoms with Gasteiger partial charge in [-0.1, -0.05) is 0 Å². The monoisotopic (exact) mass is 445 g/mol. The molecule has 9 nitrogen and oxygen atoms in total. The summed E-state index contributed by atoms with van der Waals surface area (Å²) in [6.07, 6.45) is 7.18. The predicted octanol–water partition coefficient (Wildman–Crippen LogP) is 4.29. The molecule has 5 rings (SSSR count). The van der Waals surface area contributed by atoms with Gasteiger partial charge in [0, 0.05) is 43.4 Å². The quantitative estimate of drug-likeness (QED) is 0.346. The molecule has 0 saturated heterocycles. The summed E-state index contributed by atoms with van der Waals surface area (Å²) in [5.41, 5.74) is 2.37. The van der Waals surface area contributed by atoms with Crippen molar-refractivity contribution in [2.75, 3.05) is 31.8 Å². The van der Waals surface area contributed by atoms with E-state index in [2.05, 4.69) is 35.5 Å². The van der Waals surface area contributed by atoms with E-state index in [-0.39, 0.29) is 11.8 Å². The fraction of sp³-hybridized carbons (Fsp3) is 0.292. The molecule has 0 unspecified atom stereocenters. The second kappa shape index (κ2) is 8.68. The Hall–Kier alpha value is -3.69. The molecule has 4 aromatic rings. The molecular weight excluding hydrogens is 418 g/mol. The summed E-state index contributed by atoms with van der Waals surface area (Å²) >= 11 is 0. The zero-order chi connectivity index (χ0) is 22.8. The van der Waals surface area contributed by atoms with Gasteiger partial charge in [-0.25, -0.2) is 9.97 Å². The minimum atomic E-state index is -0.216. The van der Waals surface area contributed by atoms with E-state index < -0.39 is 0 Å². The third-order valence-corrected chi connectivity index (χ3v) is 6.03. The zero-order valence-corrected chi connectivity index (χ0v) is 18.9. The van der Waals surface area contributed by atoms with E-state index in [0.29, 0.717) is 11.8 Å². The normalized spacial score (nSPS) is 19.9. The van der Waals surface area contributed by atoms with Gasteiger partial charge in [-0.3, -0.25) is 4.90 Å². The summed E-state index contributed by atoms with van der Waals surface area (Å²) in [6, 6.07) is 13.6. The summed E-state index contributed by atoms with van der Waals surface area (Å²) in [4.78, 5) is 18.5. The van der Waals surface area contributed by atoms with Gasteiger partial charge in [0.2, 0.25) is 5.95 Å². The average molecular weight is 446 g/mol. The maximum atomic E-state index is 6.09. The molecule has 3 heterocycles. The molecule has 0 bridgehead atoms. The lowest BCUT2D eigenvalue weighted by Gasteiger charge is -2.50. The number of nitrogens with one attached hydrogen (secondary N) is 3. The first-order valence-electron chi connectivity index (χ1n) is 10.8. The van der Waals surface area contributed by atoms with Crippen molar-refractivity contribution in [2.45, 2.75) is 24.7 Å². The lowest BCUT2D eigenvalue weighted by molar-refractivity contribution is -0.204. The Balaban J connectivity index is 1.19. The van der Waals surface area contributed by atoms with Crippen molar-refractivity contribution >= 4 is 34.2 Å². The number of benzene rings is 1. The number of aromatic amines is 1. The molecule has 0 aliphatic heterocycles. The Labute approximate surface area is 192 Å². The third-order valence-electron chi connectivity index (χ3n) is 6.03. The van der Waals surface area contributed by atoms with Gasteiger partial charge < -0.3 is 25.1 Å². The number of rotatable bonds is 8. The molecule has 1 fully saturated rings. The van der Waals surface area contributed by atoms with Crippen molar-refractivity contribution in [2.24, 2.45) is 0 Å². The minimum absolute atomic E-state index is 0.150. The average Bonchev–Trinajstić information content (AvgIpc) is 3.25. The van der Waals surface area contributed by atoms with E-state index in [0.717, 1.165) is 41.0 Å². The van der Waals surface area contributed by atoms with E-state index >= 15 is 0 Å². The first kappa shape index (κ1) is 21.2. The number of nitrogens with zero attached hydrogens (tertiary/aromatic N) is 4. The number of fused-ring (bicyclic) bond motifs is 1. The lowest BCUT2D eigenvalue weighted by atomic mass is 9.83. The minimum Gasteiger partial charge on any atom is -0.490 e. The van der Waals surface area contributed by atoms with Crippen LogP contribution in [0.5, 0.6) is 5.75 Å². The summed E-state index contributed by atoms with van der Waals surface area (Å²) in [5, 5.41) is 7.54. The van der Waals surface area contributed by atoms with Crippen molar-refractivity contribution < 1.29 is 9.47 Å². The summed E-state index contributed by atoms with van der Waals surface area (Å²) < 4.78 is 11.8. The maximum Gasteiger partial charge on any atom is 0.229 e. The van der Waals surface area contributed by atoms with Gasteiger partial charge in [0.25, 0.3) is 0 Å². The second-order valence-electron chi connectivity index (χ2n) is 8.37. The van der Waals surface area contributed by atoms with E-state index in [9.17, 15) is 0 Å². The largest absolute Gasteiger partial charge is 0.490 e. The molecule has 9 heteroatoms. The smallest absolute Gasteiger partial charge is 0.229 e.